The maximum Gasteiger partial charge on any atom is 0.229 e. The van der Waals surface area contributed by atoms with Crippen molar-refractivity contribution < 1.29 is 23.7 Å². The number of nitrogens with zero attached hydrogens (tertiary/aromatic N) is 6. The highest BCUT2D eigenvalue weighted by Gasteiger charge is 2.25. The zero-order chi connectivity index (χ0) is 29.8. The third-order valence-corrected chi connectivity index (χ3v) is 7.48. The lowest BCUT2D eigenvalue weighted by Crippen LogP contribution is -2.32. The van der Waals surface area contributed by atoms with Gasteiger partial charge in [0.1, 0.15) is 29.5 Å². The molecular weight excluding hydrogens is 538 g/mol. The summed E-state index contributed by atoms with van der Waals surface area (Å²) in [5.41, 5.74) is 3.45. The molecule has 5 rings (SSSR count). The van der Waals surface area contributed by atoms with Crippen LogP contribution in [0.5, 0.6) is 28.7 Å². The van der Waals surface area contributed by atoms with Crippen molar-refractivity contribution in [3.63, 3.8) is 0 Å². The zero-order valence-electron chi connectivity index (χ0n) is 25.1. The number of anilines is 4. The lowest BCUT2D eigenvalue weighted by Gasteiger charge is -2.26. The van der Waals surface area contributed by atoms with E-state index in [2.05, 4.69) is 27.0 Å². The van der Waals surface area contributed by atoms with Crippen molar-refractivity contribution in [2.45, 2.75) is 20.3 Å². The fraction of sp³-hybridized carbons (Fsp3) is 0.400. The molecule has 1 saturated heterocycles. The predicted octanol–water partition coefficient (Wildman–Crippen LogP) is 4.54. The van der Waals surface area contributed by atoms with Crippen LogP contribution in [0.1, 0.15) is 17.7 Å². The van der Waals surface area contributed by atoms with E-state index in [1.54, 1.807) is 41.9 Å². The Hall–Kier alpha value is -4.74. The van der Waals surface area contributed by atoms with Gasteiger partial charge in [0, 0.05) is 67.4 Å². The summed E-state index contributed by atoms with van der Waals surface area (Å²) in [7, 11) is 8.06. The largest absolute Gasteiger partial charge is 0.497 e. The molecule has 1 aliphatic rings. The second kappa shape index (κ2) is 12.4. The molecule has 2 aromatic heterocycles. The number of hydrogen-bond donors (Lipinski definition) is 1. The summed E-state index contributed by atoms with van der Waals surface area (Å²) in [6.45, 7) is 7.17. The molecule has 3 heterocycles. The smallest absolute Gasteiger partial charge is 0.229 e. The molecule has 0 amide bonds. The van der Waals surface area contributed by atoms with E-state index < -0.39 is 0 Å². The number of hydrogen-bond acceptors (Lipinski definition) is 12. The predicted molar refractivity (Wildman–Crippen MR) is 163 cm³/mol. The minimum atomic E-state index is 0.511. The third kappa shape index (κ3) is 5.56. The summed E-state index contributed by atoms with van der Waals surface area (Å²) in [4.78, 5) is 23.4. The standard InChI is InChI=1S/C30H37N7O5/c1-18-19(2)33-30(34-20-13-21(38-3)15-22(14-20)39-4)35-28(18)36-9-8-10-37(12-11-36)29-25-23(31-17-32-29)16-24(40-5)26(41-6)27(25)42-7/h13-17H,8-12H2,1-7H3,(H,33,34,35). The van der Waals surface area contributed by atoms with E-state index >= 15 is 0 Å². The van der Waals surface area contributed by atoms with Crippen molar-refractivity contribution in [2.24, 2.45) is 0 Å². The zero-order valence-corrected chi connectivity index (χ0v) is 25.1. The molecule has 0 saturated carbocycles. The Balaban J connectivity index is 1.44. The molecule has 222 valence electrons. The molecule has 0 atom stereocenters. The molecule has 1 N–H and O–H groups in total. The van der Waals surface area contributed by atoms with Crippen molar-refractivity contribution in [1.82, 2.24) is 19.9 Å². The van der Waals surface area contributed by atoms with Gasteiger partial charge in [0.2, 0.25) is 11.7 Å². The van der Waals surface area contributed by atoms with Gasteiger partial charge in [0.15, 0.2) is 11.5 Å². The van der Waals surface area contributed by atoms with Crippen molar-refractivity contribution in [2.75, 3.05) is 76.8 Å². The molecule has 12 heteroatoms. The van der Waals surface area contributed by atoms with Gasteiger partial charge in [0.05, 0.1) is 46.5 Å². The second-order valence-corrected chi connectivity index (χ2v) is 9.87. The number of methoxy groups -OCH3 is 5. The third-order valence-electron chi connectivity index (χ3n) is 7.48. The van der Waals surface area contributed by atoms with Crippen molar-refractivity contribution in [1.29, 1.82) is 0 Å². The van der Waals surface area contributed by atoms with Crippen LogP contribution in [0.3, 0.4) is 0 Å². The Morgan fingerprint density at radius 2 is 1.36 bits per heavy atom. The van der Waals surface area contributed by atoms with E-state index in [1.165, 1.54) is 0 Å². The first-order valence-corrected chi connectivity index (χ1v) is 13.7. The van der Waals surface area contributed by atoms with Crippen LogP contribution in [0.4, 0.5) is 23.3 Å². The lowest BCUT2D eigenvalue weighted by atomic mass is 10.1. The van der Waals surface area contributed by atoms with Gasteiger partial charge < -0.3 is 38.8 Å². The summed E-state index contributed by atoms with van der Waals surface area (Å²) < 4.78 is 27.8. The Morgan fingerprint density at radius 1 is 0.690 bits per heavy atom. The van der Waals surface area contributed by atoms with Gasteiger partial charge in [-0.25, -0.2) is 15.0 Å². The Labute approximate surface area is 245 Å². The average Bonchev–Trinajstić information content (AvgIpc) is 3.27. The minimum absolute atomic E-state index is 0.511. The highest BCUT2D eigenvalue weighted by atomic mass is 16.5. The van der Waals surface area contributed by atoms with Crippen LogP contribution in [0.25, 0.3) is 10.9 Å². The Kier molecular flexibility index (Phi) is 8.51. The first-order chi connectivity index (χ1) is 20.4. The summed E-state index contributed by atoms with van der Waals surface area (Å²) in [6.07, 6.45) is 2.48. The minimum Gasteiger partial charge on any atom is -0.497 e. The van der Waals surface area contributed by atoms with Crippen LogP contribution in [0.15, 0.2) is 30.6 Å². The number of aryl methyl sites for hydroxylation is 1. The van der Waals surface area contributed by atoms with Crippen LogP contribution in [-0.2, 0) is 0 Å². The monoisotopic (exact) mass is 575 g/mol. The second-order valence-electron chi connectivity index (χ2n) is 9.87. The van der Waals surface area contributed by atoms with Crippen molar-refractivity contribution in [3.8, 4) is 28.7 Å². The molecule has 0 unspecified atom stereocenters. The summed E-state index contributed by atoms with van der Waals surface area (Å²) in [5.74, 6) is 5.19. The molecule has 12 nitrogen and oxygen atoms in total. The Morgan fingerprint density at radius 3 is 1.98 bits per heavy atom. The normalized spacial score (nSPS) is 13.5. The first-order valence-electron chi connectivity index (χ1n) is 13.7. The number of aromatic nitrogens is 4. The summed E-state index contributed by atoms with van der Waals surface area (Å²) in [5, 5.41) is 4.12. The molecule has 1 aliphatic heterocycles. The molecular formula is C30H37N7O5. The van der Waals surface area contributed by atoms with Crippen LogP contribution in [0.2, 0.25) is 0 Å². The molecule has 2 aromatic carbocycles. The number of benzene rings is 2. The van der Waals surface area contributed by atoms with Gasteiger partial charge in [-0.1, -0.05) is 0 Å². The van der Waals surface area contributed by atoms with Gasteiger partial charge in [-0.3, -0.25) is 0 Å². The summed E-state index contributed by atoms with van der Waals surface area (Å²) in [6, 6.07) is 7.44. The number of ether oxygens (including phenoxy) is 5. The number of nitrogens with one attached hydrogen (secondary N) is 1. The molecule has 4 aromatic rings. The quantitative estimate of drug-likeness (QED) is 0.302. The Bertz CT molecular complexity index is 1560. The van der Waals surface area contributed by atoms with E-state index in [0.29, 0.717) is 34.7 Å². The fourth-order valence-corrected chi connectivity index (χ4v) is 5.24. The van der Waals surface area contributed by atoms with Crippen LogP contribution < -0.4 is 38.8 Å². The van der Waals surface area contributed by atoms with Gasteiger partial charge in [-0.2, -0.15) is 4.98 Å². The fourth-order valence-electron chi connectivity index (χ4n) is 5.24. The van der Waals surface area contributed by atoms with Gasteiger partial charge in [-0.05, 0) is 20.3 Å². The van der Waals surface area contributed by atoms with Crippen LogP contribution in [0, 0.1) is 13.8 Å². The number of rotatable bonds is 9. The maximum atomic E-state index is 5.80. The molecule has 0 bridgehead atoms. The average molecular weight is 576 g/mol. The van der Waals surface area contributed by atoms with Crippen LogP contribution in [-0.4, -0.2) is 81.7 Å². The van der Waals surface area contributed by atoms with Gasteiger partial charge in [0.25, 0.3) is 0 Å². The number of fused-ring (bicyclic) bond motifs is 1. The van der Waals surface area contributed by atoms with Crippen LogP contribution >= 0.6 is 0 Å². The van der Waals surface area contributed by atoms with Crippen molar-refractivity contribution >= 4 is 34.2 Å². The summed E-state index contributed by atoms with van der Waals surface area (Å²) >= 11 is 0. The highest BCUT2D eigenvalue weighted by Crippen LogP contribution is 2.45. The van der Waals surface area contributed by atoms with Gasteiger partial charge in [-0.15, -0.1) is 0 Å². The maximum absolute atomic E-state index is 5.80. The molecule has 42 heavy (non-hydrogen) atoms. The topological polar surface area (TPSA) is 116 Å². The lowest BCUT2D eigenvalue weighted by molar-refractivity contribution is 0.327. The van der Waals surface area contributed by atoms with E-state index in [4.69, 9.17) is 38.6 Å². The van der Waals surface area contributed by atoms with E-state index in [0.717, 1.165) is 72.1 Å². The molecule has 0 spiro atoms. The molecule has 1 fully saturated rings. The van der Waals surface area contributed by atoms with E-state index in [-0.39, 0.29) is 0 Å². The molecule has 0 aliphatic carbocycles. The van der Waals surface area contributed by atoms with Crippen molar-refractivity contribution in [3.05, 3.63) is 41.9 Å². The first kappa shape index (κ1) is 28.8. The van der Waals surface area contributed by atoms with E-state index in [9.17, 15) is 0 Å². The van der Waals surface area contributed by atoms with E-state index in [1.807, 2.05) is 31.2 Å². The highest BCUT2D eigenvalue weighted by molar-refractivity contribution is 5.98. The van der Waals surface area contributed by atoms with Gasteiger partial charge >= 0.3 is 0 Å². The molecule has 0 radical (unpaired) electrons. The SMILES string of the molecule is COc1cc(Nc2nc(C)c(C)c(N3CCCN(c4ncnc5cc(OC)c(OC)c(OC)c45)CC3)n2)cc(OC)c1.